The van der Waals surface area contributed by atoms with Gasteiger partial charge in [0.2, 0.25) is 5.91 Å². The van der Waals surface area contributed by atoms with Gasteiger partial charge in [-0.05, 0) is 6.42 Å². The average molecular weight is 171 g/mol. The van der Waals surface area contributed by atoms with E-state index in [1.807, 2.05) is 0 Å². The summed E-state index contributed by atoms with van der Waals surface area (Å²) in [5.41, 5.74) is 4.14. The maximum absolute atomic E-state index is 11.1. The lowest BCUT2D eigenvalue weighted by atomic mass is 9.85. The lowest BCUT2D eigenvalue weighted by Gasteiger charge is -2.26. The zero-order valence-corrected chi connectivity index (χ0v) is 7.29. The van der Waals surface area contributed by atoms with Crippen molar-refractivity contribution in [2.75, 3.05) is 6.61 Å². The molecule has 68 valence electrons. The summed E-state index contributed by atoms with van der Waals surface area (Å²) >= 11 is 0. The van der Waals surface area contributed by atoms with Crippen molar-refractivity contribution in [2.45, 2.75) is 25.9 Å². The Morgan fingerprint density at radius 1 is 1.83 bits per heavy atom. The number of hydrogen-bond donors (Lipinski definition) is 1. The summed E-state index contributed by atoms with van der Waals surface area (Å²) in [6, 6.07) is 0. The standard InChI is InChI=1S/C8H13NO3/c1-3-8(7(9)11)5(2)6(10)4-12-8/h5H,3-4H2,1-2H3,(H2,9,11). The minimum Gasteiger partial charge on any atom is -0.367 e. The van der Waals surface area contributed by atoms with Crippen LogP contribution in [0, 0.1) is 5.92 Å². The van der Waals surface area contributed by atoms with E-state index in [1.54, 1.807) is 13.8 Å². The van der Waals surface area contributed by atoms with Gasteiger partial charge in [0, 0.05) is 0 Å². The van der Waals surface area contributed by atoms with Crippen LogP contribution < -0.4 is 5.73 Å². The van der Waals surface area contributed by atoms with Gasteiger partial charge in [-0.2, -0.15) is 0 Å². The molecule has 4 nitrogen and oxygen atoms in total. The molecule has 0 aromatic carbocycles. The SMILES string of the molecule is CCC1(C(N)=O)OCC(=O)C1C. The predicted octanol–water partition coefficient (Wildman–Crippen LogP) is -0.144. The molecule has 4 heteroatoms. The first kappa shape index (κ1) is 9.19. The third-order valence-electron chi connectivity index (χ3n) is 2.60. The molecule has 1 aliphatic rings. The van der Waals surface area contributed by atoms with Gasteiger partial charge >= 0.3 is 0 Å². The Morgan fingerprint density at radius 2 is 2.42 bits per heavy atom. The van der Waals surface area contributed by atoms with E-state index in [-0.39, 0.29) is 12.4 Å². The van der Waals surface area contributed by atoms with Gasteiger partial charge in [-0.15, -0.1) is 0 Å². The molecule has 0 aromatic heterocycles. The number of ketones is 1. The minimum absolute atomic E-state index is 0.0119. The second kappa shape index (κ2) is 2.86. The van der Waals surface area contributed by atoms with Crippen LogP contribution in [0.2, 0.25) is 0 Å². The Balaban J connectivity index is 2.95. The van der Waals surface area contributed by atoms with Crippen LogP contribution in [0.3, 0.4) is 0 Å². The largest absolute Gasteiger partial charge is 0.367 e. The number of ether oxygens (including phenoxy) is 1. The van der Waals surface area contributed by atoms with Crippen LogP contribution in [0.15, 0.2) is 0 Å². The first-order valence-corrected chi connectivity index (χ1v) is 4.01. The summed E-state index contributed by atoms with van der Waals surface area (Å²) in [6.45, 7) is 3.49. The van der Waals surface area contributed by atoms with Crippen LogP contribution in [0.4, 0.5) is 0 Å². The highest BCUT2D eigenvalue weighted by molar-refractivity contribution is 5.95. The summed E-state index contributed by atoms with van der Waals surface area (Å²) in [5.74, 6) is -0.987. The fraction of sp³-hybridized carbons (Fsp3) is 0.750. The van der Waals surface area contributed by atoms with E-state index in [4.69, 9.17) is 10.5 Å². The lowest BCUT2D eigenvalue weighted by Crippen LogP contribution is -2.47. The molecule has 1 rings (SSSR count). The molecule has 0 aliphatic carbocycles. The molecule has 1 aliphatic heterocycles. The Labute approximate surface area is 71.1 Å². The number of carbonyl (C=O) groups is 2. The molecular formula is C8H13NO3. The van der Waals surface area contributed by atoms with Crippen molar-refractivity contribution in [2.24, 2.45) is 11.7 Å². The van der Waals surface area contributed by atoms with Gasteiger partial charge in [-0.25, -0.2) is 0 Å². The average Bonchev–Trinajstić information content (AvgIpc) is 2.31. The molecule has 0 spiro atoms. The van der Waals surface area contributed by atoms with Crippen molar-refractivity contribution >= 4 is 11.7 Å². The first-order chi connectivity index (χ1) is 5.54. The number of Topliss-reactive ketones (excluding diaryl/α,β-unsaturated/α-hetero) is 1. The second-order valence-electron chi connectivity index (χ2n) is 3.08. The van der Waals surface area contributed by atoms with Crippen LogP contribution >= 0.6 is 0 Å². The van der Waals surface area contributed by atoms with E-state index >= 15 is 0 Å². The predicted molar refractivity (Wildman–Crippen MR) is 42.3 cm³/mol. The van der Waals surface area contributed by atoms with E-state index in [2.05, 4.69) is 0 Å². The highest BCUT2D eigenvalue weighted by atomic mass is 16.5. The van der Waals surface area contributed by atoms with E-state index in [9.17, 15) is 9.59 Å². The molecule has 1 fully saturated rings. The molecule has 0 saturated carbocycles. The van der Waals surface area contributed by atoms with Gasteiger partial charge in [0.1, 0.15) is 6.61 Å². The van der Waals surface area contributed by atoms with Gasteiger partial charge in [0.05, 0.1) is 5.92 Å². The maximum atomic E-state index is 11.1. The quantitative estimate of drug-likeness (QED) is 0.628. The molecule has 12 heavy (non-hydrogen) atoms. The summed E-state index contributed by atoms with van der Waals surface area (Å²) in [7, 11) is 0. The van der Waals surface area contributed by atoms with Crippen molar-refractivity contribution in [1.29, 1.82) is 0 Å². The number of nitrogens with two attached hydrogens (primary N) is 1. The summed E-state index contributed by atoms with van der Waals surface area (Å²) in [6.07, 6.45) is 0.454. The number of primary amides is 1. The van der Waals surface area contributed by atoms with E-state index in [0.717, 1.165) is 0 Å². The van der Waals surface area contributed by atoms with Crippen LogP contribution in [0.5, 0.6) is 0 Å². The summed E-state index contributed by atoms with van der Waals surface area (Å²) in [5, 5.41) is 0. The van der Waals surface area contributed by atoms with Crippen molar-refractivity contribution in [1.82, 2.24) is 0 Å². The molecule has 1 amide bonds. The van der Waals surface area contributed by atoms with Crippen LogP contribution in [-0.4, -0.2) is 23.9 Å². The number of amides is 1. The molecule has 0 aromatic rings. The summed E-state index contributed by atoms with van der Waals surface area (Å²) < 4.78 is 5.15. The molecular weight excluding hydrogens is 158 g/mol. The van der Waals surface area contributed by atoms with Crippen molar-refractivity contribution in [3.8, 4) is 0 Å². The highest BCUT2D eigenvalue weighted by Crippen LogP contribution is 2.32. The zero-order chi connectivity index (χ0) is 9.35. The topological polar surface area (TPSA) is 69.4 Å². The minimum atomic E-state index is -1.04. The van der Waals surface area contributed by atoms with Crippen LogP contribution in [0.1, 0.15) is 20.3 Å². The molecule has 2 unspecified atom stereocenters. The van der Waals surface area contributed by atoms with E-state index in [0.29, 0.717) is 6.42 Å². The Hall–Kier alpha value is -0.900. The summed E-state index contributed by atoms with van der Waals surface area (Å²) in [4.78, 5) is 22.2. The normalized spacial score (nSPS) is 35.5. The van der Waals surface area contributed by atoms with Crippen molar-refractivity contribution in [3.05, 3.63) is 0 Å². The highest BCUT2D eigenvalue weighted by Gasteiger charge is 2.50. The van der Waals surface area contributed by atoms with E-state index in [1.165, 1.54) is 0 Å². The third kappa shape index (κ3) is 1.03. The van der Waals surface area contributed by atoms with Crippen LogP contribution in [-0.2, 0) is 14.3 Å². The number of rotatable bonds is 2. The Morgan fingerprint density at radius 3 is 2.58 bits per heavy atom. The van der Waals surface area contributed by atoms with Gasteiger partial charge in [0.15, 0.2) is 11.4 Å². The van der Waals surface area contributed by atoms with Crippen molar-refractivity contribution < 1.29 is 14.3 Å². The lowest BCUT2D eigenvalue weighted by molar-refractivity contribution is -0.141. The van der Waals surface area contributed by atoms with Gasteiger partial charge < -0.3 is 10.5 Å². The smallest absolute Gasteiger partial charge is 0.250 e. The number of hydrogen-bond acceptors (Lipinski definition) is 3. The van der Waals surface area contributed by atoms with Crippen molar-refractivity contribution in [3.63, 3.8) is 0 Å². The van der Waals surface area contributed by atoms with E-state index < -0.39 is 17.4 Å². The maximum Gasteiger partial charge on any atom is 0.250 e. The van der Waals surface area contributed by atoms with Gasteiger partial charge in [-0.3, -0.25) is 9.59 Å². The number of carbonyl (C=O) groups excluding carboxylic acids is 2. The van der Waals surface area contributed by atoms with Crippen LogP contribution in [0.25, 0.3) is 0 Å². The zero-order valence-electron chi connectivity index (χ0n) is 7.29. The molecule has 1 heterocycles. The molecule has 1 saturated heterocycles. The second-order valence-corrected chi connectivity index (χ2v) is 3.08. The monoisotopic (exact) mass is 171 g/mol. The Bertz CT molecular complexity index is 226. The molecule has 2 atom stereocenters. The fourth-order valence-electron chi connectivity index (χ4n) is 1.58. The molecule has 2 N–H and O–H groups in total. The van der Waals surface area contributed by atoms with Gasteiger partial charge in [-0.1, -0.05) is 13.8 Å². The Kier molecular flexibility index (Phi) is 2.19. The molecule has 0 radical (unpaired) electrons. The molecule has 0 bridgehead atoms. The third-order valence-corrected chi connectivity index (χ3v) is 2.60. The first-order valence-electron chi connectivity index (χ1n) is 4.01. The van der Waals surface area contributed by atoms with Gasteiger partial charge in [0.25, 0.3) is 0 Å². The fourth-order valence-corrected chi connectivity index (χ4v) is 1.58.